The lowest BCUT2D eigenvalue weighted by molar-refractivity contribution is -0.306. The van der Waals surface area contributed by atoms with Gasteiger partial charge < -0.3 is 19.4 Å². The summed E-state index contributed by atoms with van der Waals surface area (Å²) in [4.78, 5) is 43.1. The van der Waals surface area contributed by atoms with Crippen LogP contribution < -0.4 is 21.3 Å². The van der Waals surface area contributed by atoms with E-state index in [4.69, 9.17) is 0 Å². The number of aryl methyl sites for hydroxylation is 2. The first kappa shape index (κ1) is 18.0. The van der Waals surface area contributed by atoms with E-state index in [1.54, 1.807) is 4.57 Å². The largest absolute Gasteiger partial charge is 0.548 e. The number of aromatic nitrogens is 4. The van der Waals surface area contributed by atoms with Gasteiger partial charge in [-0.1, -0.05) is 25.1 Å². The monoisotopic (exact) mass is 382 g/mol. The van der Waals surface area contributed by atoms with E-state index in [-0.39, 0.29) is 17.1 Å². The Kier molecular flexibility index (Phi) is 4.10. The normalized spacial score (nSPS) is 16.4. The van der Waals surface area contributed by atoms with Gasteiger partial charge in [0.25, 0.3) is 5.56 Å². The molecule has 4 rings (SSSR count). The summed E-state index contributed by atoms with van der Waals surface area (Å²) in [6.07, 6.45) is 0. The maximum Gasteiger partial charge on any atom is 0.332 e. The molecular formula is C19H20N5O4-. The molecule has 3 heterocycles. The number of anilines is 2. The van der Waals surface area contributed by atoms with Crippen molar-refractivity contribution in [3.8, 4) is 0 Å². The Balaban J connectivity index is 2.04. The molecule has 0 aliphatic carbocycles. The van der Waals surface area contributed by atoms with Crippen molar-refractivity contribution >= 4 is 28.8 Å². The molecule has 1 aliphatic rings. The number of hydrogen-bond donors (Lipinski definition) is 0. The second-order valence-corrected chi connectivity index (χ2v) is 7.30. The molecule has 1 atom stereocenters. The van der Waals surface area contributed by atoms with Crippen LogP contribution in [0, 0.1) is 12.8 Å². The molecule has 9 nitrogen and oxygen atoms in total. The molecule has 0 radical (unpaired) electrons. The molecule has 3 aromatic rings. The molecule has 0 N–H and O–H groups in total. The lowest BCUT2D eigenvalue weighted by Crippen LogP contribution is -2.44. The van der Waals surface area contributed by atoms with Gasteiger partial charge in [0.05, 0.1) is 12.5 Å². The van der Waals surface area contributed by atoms with Crippen molar-refractivity contribution in [1.29, 1.82) is 0 Å². The molecule has 0 saturated carbocycles. The van der Waals surface area contributed by atoms with E-state index < -0.39 is 23.8 Å². The molecule has 0 amide bonds. The van der Waals surface area contributed by atoms with Gasteiger partial charge in [0.15, 0.2) is 11.2 Å². The highest BCUT2D eigenvalue weighted by atomic mass is 16.4. The van der Waals surface area contributed by atoms with Crippen LogP contribution in [0.4, 0.5) is 11.6 Å². The number of hydrogen-bond acceptors (Lipinski definition) is 6. The fourth-order valence-electron chi connectivity index (χ4n) is 3.84. The summed E-state index contributed by atoms with van der Waals surface area (Å²) in [6.45, 7) is 4.55. The third-order valence-electron chi connectivity index (χ3n) is 5.14. The summed E-state index contributed by atoms with van der Waals surface area (Å²) in [6, 6.07) is 7.89. The topological polar surface area (TPSA) is 105 Å². The Morgan fingerprint density at radius 1 is 1.25 bits per heavy atom. The second kappa shape index (κ2) is 6.36. The van der Waals surface area contributed by atoms with Crippen LogP contribution in [0.3, 0.4) is 0 Å². The number of carbonyl (C=O) groups excluding carboxylic acids is 1. The number of carbonyl (C=O) groups is 1. The quantitative estimate of drug-likeness (QED) is 0.618. The molecule has 0 fully saturated rings. The van der Waals surface area contributed by atoms with Gasteiger partial charge in [-0.3, -0.25) is 13.9 Å². The van der Waals surface area contributed by atoms with Crippen LogP contribution in [0.25, 0.3) is 11.2 Å². The number of rotatable bonds is 3. The third kappa shape index (κ3) is 2.62. The van der Waals surface area contributed by atoms with E-state index in [2.05, 4.69) is 11.9 Å². The van der Waals surface area contributed by atoms with E-state index in [0.29, 0.717) is 17.1 Å². The van der Waals surface area contributed by atoms with Gasteiger partial charge in [0, 0.05) is 25.8 Å². The minimum absolute atomic E-state index is 0.218. The van der Waals surface area contributed by atoms with E-state index in [1.807, 2.05) is 36.1 Å². The van der Waals surface area contributed by atoms with Crippen molar-refractivity contribution in [1.82, 2.24) is 18.7 Å². The van der Waals surface area contributed by atoms with Crippen molar-refractivity contribution in [3.63, 3.8) is 0 Å². The highest BCUT2D eigenvalue weighted by Gasteiger charge is 2.30. The molecule has 9 heteroatoms. The van der Waals surface area contributed by atoms with Gasteiger partial charge in [0.1, 0.15) is 0 Å². The van der Waals surface area contributed by atoms with Gasteiger partial charge in [-0.2, -0.15) is 4.98 Å². The van der Waals surface area contributed by atoms with Gasteiger partial charge in [-0.15, -0.1) is 0 Å². The summed E-state index contributed by atoms with van der Waals surface area (Å²) < 4.78 is 3.68. The minimum atomic E-state index is -1.49. The highest BCUT2D eigenvalue weighted by molar-refractivity contribution is 5.78. The number of carboxylic acid groups (broad SMARTS) is 1. The summed E-state index contributed by atoms with van der Waals surface area (Å²) in [7, 11) is 1.48. The smallest absolute Gasteiger partial charge is 0.332 e. The first-order valence-electron chi connectivity index (χ1n) is 9.02. The second-order valence-electron chi connectivity index (χ2n) is 7.30. The van der Waals surface area contributed by atoms with Crippen molar-refractivity contribution in [2.45, 2.75) is 26.9 Å². The Hall–Kier alpha value is -3.36. The Morgan fingerprint density at radius 3 is 2.64 bits per heavy atom. The van der Waals surface area contributed by atoms with E-state index in [9.17, 15) is 19.5 Å². The fourth-order valence-corrected chi connectivity index (χ4v) is 3.84. The van der Waals surface area contributed by atoms with Crippen LogP contribution in [0.15, 0.2) is 33.9 Å². The summed E-state index contributed by atoms with van der Waals surface area (Å²) in [5.74, 6) is -0.705. The molecular weight excluding hydrogens is 362 g/mol. The first-order valence-corrected chi connectivity index (χ1v) is 9.02. The number of imidazole rings is 1. The Labute approximate surface area is 160 Å². The van der Waals surface area contributed by atoms with Crippen LogP contribution >= 0.6 is 0 Å². The van der Waals surface area contributed by atoms with Crippen LogP contribution in [-0.2, 0) is 24.9 Å². The average molecular weight is 382 g/mol. The first-order chi connectivity index (χ1) is 13.3. The number of para-hydroxylation sites is 1. The molecule has 0 spiro atoms. The van der Waals surface area contributed by atoms with Crippen LogP contribution in [0.1, 0.15) is 12.5 Å². The maximum atomic E-state index is 13.0. The van der Waals surface area contributed by atoms with Crippen LogP contribution in [0.5, 0.6) is 0 Å². The van der Waals surface area contributed by atoms with Gasteiger partial charge >= 0.3 is 5.69 Å². The van der Waals surface area contributed by atoms with Crippen LogP contribution in [0.2, 0.25) is 0 Å². The van der Waals surface area contributed by atoms with Crippen molar-refractivity contribution in [2.75, 3.05) is 11.4 Å². The molecule has 0 saturated heterocycles. The van der Waals surface area contributed by atoms with Crippen molar-refractivity contribution < 1.29 is 9.90 Å². The Morgan fingerprint density at radius 2 is 1.96 bits per heavy atom. The minimum Gasteiger partial charge on any atom is -0.548 e. The zero-order valence-electron chi connectivity index (χ0n) is 15.9. The highest BCUT2D eigenvalue weighted by Crippen LogP contribution is 2.34. The summed E-state index contributed by atoms with van der Waals surface area (Å²) in [5, 5.41) is 11.0. The molecule has 2 aromatic heterocycles. The molecule has 1 aromatic carbocycles. The molecule has 0 unspecified atom stereocenters. The van der Waals surface area contributed by atoms with Crippen LogP contribution in [-0.4, -0.2) is 31.2 Å². The zero-order chi connectivity index (χ0) is 20.2. The molecule has 0 bridgehead atoms. The Bertz CT molecular complexity index is 1220. The van der Waals surface area contributed by atoms with E-state index >= 15 is 0 Å². The zero-order valence-corrected chi connectivity index (χ0v) is 15.9. The molecule has 28 heavy (non-hydrogen) atoms. The standard InChI is InChI=1S/C19H21N5O4/c1-11-8-22(13-7-5-4-6-12(13)2)18-20-16-15(23(18)9-11)17(27)24(10-14(25)26)19(28)21(16)3/h4-7,11H,8-10H2,1-3H3,(H,25,26)/p-1/t11-/m1/s1. The average Bonchev–Trinajstić information content (AvgIpc) is 3.02. The maximum absolute atomic E-state index is 13.0. The predicted molar refractivity (Wildman–Crippen MR) is 102 cm³/mol. The number of aliphatic carboxylic acids is 1. The van der Waals surface area contributed by atoms with Gasteiger partial charge in [-0.25, -0.2) is 4.79 Å². The number of fused-ring (bicyclic) bond motifs is 3. The molecule has 146 valence electrons. The van der Waals surface area contributed by atoms with Gasteiger partial charge in [-0.05, 0) is 24.5 Å². The predicted octanol–water partition coefficient (Wildman–Crippen LogP) is -0.257. The van der Waals surface area contributed by atoms with E-state index in [0.717, 1.165) is 17.8 Å². The number of benzene rings is 1. The third-order valence-corrected chi connectivity index (χ3v) is 5.14. The van der Waals surface area contributed by atoms with Crippen molar-refractivity contribution in [2.24, 2.45) is 13.0 Å². The SMILES string of the molecule is Cc1ccccc1N1C[C@@H](C)Cn2c1nc1c2c(=O)n(CC(=O)[O-])c(=O)n1C. The van der Waals surface area contributed by atoms with Gasteiger partial charge in [0.2, 0.25) is 5.95 Å². The van der Waals surface area contributed by atoms with E-state index in [1.165, 1.54) is 11.6 Å². The molecule has 1 aliphatic heterocycles. The van der Waals surface area contributed by atoms with Crippen molar-refractivity contribution in [3.05, 3.63) is 50.7 Å². The number of carboxylic acids is 1. The summed E-state index contributed by atoms with van der Waals surface area (Å²) >= 11 is 0. The lowest BCUT2D eigenvalue weighted by Gasteiger charge is -2.33. The lowest BCUT2D eigenvalue weighted by atomic mass is 10.1. The fraction of sp³-hybridized carbons (Fsp3) is 0.368. The number of nitrogens with zero attached hydrogens (tertiary/aromatic N) is 5. The summed E-state index contributed by atoms with van der Waals surface area (Å²) in [5.41, 5.74) is 1.12.